The number of hydrogen-bond donors (Lipinski definition) is 0. The largest absolute Gasteiger partial charge is 0.423 e. The van der Waals surface area contributed by atoms with Gasteiger partial charge in [0, 0.05) is 11.5 Å². The second-order valence-electron chi connectivity index (χ2n) is 5.13. The lowest BCUT2D eigenvalue weighted by Gasteiger charge is -2.17. The molecular weight excluding hydrogens is 303 g/mol. The van der Waals surface area contributed by atoms with Gasteiger partial charge in [-0.25, -0.2) is 4.79 Å². The predicted molar refractivity (Wildman–Crippen MR) is 86.5 cm³/mol. The summed E-state index contributed by atoms with van der Waals surface area (Å²) >= 11 is 0. The minimum atomic E-state index is -3.27. The Hall–Kier alpha value is -1.42. The Labute approximate surface area is 129 Å². The molecule has 1 aromatic heterocycles. The van der Waals surface area contributed by atoms with E-state index < -0.39 is 13.2 Å². The first-order chi connectivity index (χ1) is 10.4. The molecule has 0 amide bonds. The lowest BCUT2D eigenvalue weighted by atomic mass is 10.0. The van der Waals surface area contributed by atoms with Crippen LogP contribution in [-0.2, 0) is 19.8 Å². The molecule has 0 spiro atoms. The predicted octanol–water partition coefficient (Wildman–Crippen LogP) is 4.18. The van der Waals surface area contributed by atoms with Gasteiger partial charge in [0.25, 0.3) is 0 Å². The topological polar surface area (TPSA) is 65.7 Å². The molecule has 0 fully saturated rings. The van der Waals surface area contributed by atoms with Crippen LogP contribution in [0, 0.1) is 13.8 Å². The second-order valence-corrected chi connectivity index (χ2v) is 7.18. The van der Waals surface area contributed by atoms with E-state index in [4.69, 9.17) is 13.5 Å². The van der Waals surface area contributed by atoms with Crippen LogP contribution in [0.5, 0.6) is 0 Å². The molecule has 0 aliphatic carbocycles. The van der Waals surface area contributed by atoms with Gasteiger partial charge < -0.3 is 13.5 Å². The van der Waals surface area contributed by atoms with Crippen molar-refractivity contribution in [3.63, 3.8) is 0 Å². The third kappa shape index (κ3) is 3.67. The van der Waals surface area contributed by atoms with E-state index in [9.17, 15) is 9.36 Å². The Morgan fingerprint density at radius 3 is 2.23 bits per heavy atom. The van der Waals surface area contributed by atoms with E-state index in [1.54, 1.807) is 13.8 Å². The van der Waals surface area contributed by atoms with Crippen LogP contribution in [0.4, 0.5) is 0 Å². The number of benzene rings is 1. The van der Waals surface area contributed by atoms with Gasteiger partial charge in [0.15, 0.2) is 0 Å². The summed E-state index contributed by atoms with van der Waals surface area (Å²) in [5, 5.41) is 0.766. The Kier molecular flexibility index (Phi) is 5.22. The first kappa shape index (κ1) is 16.9. The standard InChI is InChI=1S/C16H21O5P/c1-5-19-22(18,20-6-2)10-13-9-16(17)21-15-8-12(4)11(3)7-14(13)15/h7-9H,5-6,10H2,1-4H3. The lowest BCUT2D eigenvalue weighted by molar-refractivity contribution is 0.219. The summed E-state index contributed by atoms with van der Waals surface area (Å²) in [5.41, 5.74) is 2.76. The maximum absolute atomic E-state index is 12.7. The van der Waals surface area contributed by atoms with Crippen LogP contribution in [-0.4, -0.2) is 13.2 Å². The highest BCUT2D eigenvalue weighted by Gasteiger charge is 2.26. The summed E-state index contributed by atoms with van der Waals surface area (Å²) in [5.74, 6) is 0. The van der Waals surface area contributed by atoms with Crippen molar-refractivity contribution >= 4 is 18.6 Å². The van der Waals surface area contributed by atoms with Crippen LogP contribution >= 0.6 is 7.60 Å². The molecule has 0 radical (unpaired) electrons. The fraction of sp³-hybridized carbons (Fsp3) is 0.438. The smallest absolute Gasteiger partial charge is 0.336 e. The zero-order chi connectivity index (χ0) is 16.3. The van der Waals surface area contributed by atoms with Gasteiger partial charge in [-0.2, -0.15) is 0 Å². The summed E-state index contributed by atoms with van der Waals surface area (Å²) in [4.78, 5) is 11.8. The molecular formula is C16H21O5P. The van der Waals surface area contributed by atoms with E-state index in [0.717, 1.165) is 16.5 Å². The Balaban J connectivity index is 2.57. The summed E-state index contributed by atoms with van der Waals surface area (Å²) in [6.07, 6.45) is 0.0548. The minimum absolute atomic E-state index is 0.0548. The molecule has 120 valence electrons. The molecule has 2 aromatic rings. The molecule has 5 nitrogen and oxygen atoms in total. The van der Waals surface area contributed by atoms with E-state index in [0.29, 0.717) is 11.1 Å². The molecule has 0 bridgehead atoms. The SMILES string of the molecule is CCOP(=O)(Cc1cc(=O)oc2cc(C)c(C)cc12)OCC. The van der Waals surface area contributed by atoms with Crippen molar-refractivity contribution in [1.82, 2.24) is 0 Å². The van der Waals surface area contributed by atoms with Crippen LogP contribution in [0.25, 0.3) is 11.0 Å². The molecule has 6 heteroatoms. The first-order valence-electron chi connectivity index (χ1n) is 7.30. The van der Waals surface area contributed by atoms with Crippen LogP contribution < -0.4 is 5.63 Å². The maximum atomic E-state index is 12.7. The average molecular weight is 324 g/mol. The molecule has 2 rings (SSSR count). The minimum Gasteiger partial charge on any atom is -0.423 e. The maximum Gasteiger partial charge on any atom is 0.336 e. The summed E-state index contributed by atoms with van der Waals surface area (Å²) < 4.78 is 28.6. The third-order valence-electron chi connectivity index (χ3n) is 3.46. The first-order valence-corrected chi connectivity index (χ1v) is 9.03. The second kappa shape index (κ2) is 6.78. The van der Waals surface area contributed by atoms with Crippen LogP contribution in [0.1, 0.15) is 30.5 Å². The zero-order valence-corrected chi connectivity index (χ0v) is 14.2. The monoisotopic (exact) mass is 324 g/mol. The van der Waals surface area contributed by atoms with Gasteiger partial charge in [-0.3, -0.25) is 4.57 Å². The fourth-order valence-electron chi connectivity index (χ4n) is 2.34. The Morgan fingerprint density at radius 2 is 1.64 bits per heavy atom. The van der Waals surface area contributed by atoms with Gasteiger partial charge in [-0.15, -0.1) is 0 Å². The van der Waals surface area contributed by atoms with Crippen molar-refractivity contribution in [1.29, 1.82) is 0 Å². The number of rotatable bonds is 6. The molecule has 22 heavy (non-hydrogen) atoms. The molecule has 0 aliphatic heterocycles. The van der Waals surface area contributed by atoms with E-state index in [1.165, 1.54) is 6.07 Å². The van der Waals surface area contributed by atoms with Gasteiger partial charge >= 0.3 is 13.2 Å². The van der Waals surface area contributed by atoms with E-state index in [-0.39, 0.29) is 19.4 Å². The number of aryl methyl sites for hydroxylation is 2. The van der Waals surface area contributed by atoms with E-state index in [2.05, 4.69) is 0 Å². The average Bonchev–Trinajstić information content (AvgIpc) is 2.41. The highest BCUT2D eigenvalue weighted by atomic mass is 31.2. The van der Waals surface area contributed by atoms with Gasteiger partial charge in [0.1, 0.15) is 5.58 Å². The van der Waals surface area contributed by atoms with E-state index >= 15 is 0 Å². The summed E-state index contributed by atoms with van der Waals surface area (Å²) in [6, 6.07) is 5.12. The number of fused-ring (bicyclic) bond motifs is 1. The fourth-order valence-corrected chi connectivity index (χ4v) is 4.07. The van der Waals surface area contributed by atoms with Gasteiger partial charge in [0.05, 0.1) is 19.4 Å². The molecule has 1 heterocycles. The normalized spacial score (nSPS) is 12.0. The van der Waals surface area contributed by atoms with Crippen molar-refractivity contribution in [2.45, 2.75) is 33.9 Å². The summed E-state index contributed by atoms with van der Waals surface area (Å²) in [6.45, 7) is 8.03. The van der Waals surface area contributed by atoms with Gasteiger partial charge in [-0.05, 0) is 56.5 Å². The van der Waals surface area contributed by atoms with E-state index in [1.807, 2.05) is 26.0 Å². The van der Waals surface area contributed by atoms with Crippen molar-refractivity contribution < 1.29 is 18.0 Å². The molecule has 0 saturated heterocycles. The third-order valence-corrected chi connectivity index (χ3v) is 5.49. The molecule has 0 atom stereocenters. The summed E-state index contributed by atoms with van der Waals surface area (Å²) in [7, 11) is -3.27. The molecule has 1 aromatic carbocycles. The van der Waals surface area contributed by atoms with Crippen molar-refractivity contribution in [3.8, 4) is 0 Å². The Bertz CT molecular complexity index is 768. The Morgan fingerprint density at radius 1 is 1.05 bits per heavy atom. The molecule has 0 unspecified atom stereocenters. The zero-order valence-electron chi connectivity index (χ0n) is 13.3. The van der Waals surface area contributed by atoms with Crippen molar-refractivity contribution in [3.05, 3.63) is 45.3 Å². The van der Waals surface area contributed by atoms with Crippen molar-refractivity contribution in [2.75, 3.05) is 13.2 Å². The molecule has 0 aliphatic rings. The lowest BCUT2D eigenvalue weighted by Crippen LogP contribution is -2.04. The van der Waals surface area contributed by atoms with Crippen LogP contribution in [0.3, 0.4) is 0 Å². The van der Waals surface area contributed by atoms with Crippen molar-refractivity contribution in [2.24, 2.45) is 0 Å². The number of hydrogen-bond acceptors (Lipinski definition) is 5. The van der Waals surface area contributed by atoms with Gasteiger partial charge in [-0.1, -0.05) is 0 Å². The van der Waals surface area contributed by atoms with Gasteiger partial charge in [0.2, 0.25) is 0 Å². The molecule has 0 N–H and O–H groups in total. The van der Waals surface area contributed by atoms with Crippen LogP contribution in [0.2, 0.25) is 0 Å². The quantitative estimate of drug-likeness (QED) is 0.589. The highest BCUT2D eigenvalue weighted by molar-refractivity contribution is 7.53. The van der Waals surface area contributed by atoms with Crippen LogP contribution in [0.15, 0.2) is 27.4 Å². The molecule has 0 saturated carbocycles. The highest BCUT2D eigenvalue weighted by Crippen LogP contribution is 2.51.